The van der Waals surface area contributed by atoms with Crippen molar-refractivity contribution in [3.05, 3.63) is 42.1 Å². The zero-order valence-electron chi connectivity index (χ0n) is 15.2. The number of benzene rings is 1. The molecule has 0 atom stereocenters. The molecule has 0 aliphatic carbocycles. The number of fused-ring (bicyclic) bond motifs is 1. The van der Waals surface area contributed by atoms with Crippen LogP contribution in [-0.4, -0.2) is 43.2 Å². The number of rotatable bonds is 6. The Kier molecular flexibility index (Phi) is 5.09. The van der Waals surface area contributed by atoms with Gasteiger partial charge in [-0.25, -0.2) is 4.98 Å². The number of nitrogens with one attached hydrogen (secondary N) is 1. The summed E-state index contributed by atoms with van der Waals surface area (Å²) in [6.45, 7) is 1.95. The van der Waals surface area contributed by atoms with Crippen LogP contribution in [-0.2, 0) is 9.53 Å². The van der Waals surface area contributed by atoms with E-state index in [4.69, 9.17) is 14.2 Å². The fourth-order valence-corrected chi connectivity index (χ4v) is 2.75. The molecule has 3 rings (SSSR count). The Morgan fingerprint density at radius 2 is 1.88 bits per heavy atom. The number of hydrogen-bond donors (Lipinski definition) is 1. The maximum absolute atomic E-state index is 12.1. The van der Waals surface area contributed by atoms with Gasteiger partial charge >= 0.3 is 0 Å². The van der Waals surface area contributed by atoms with Crippen molar-refractivity contribution >= 4 is 17.4 Å². The summed E-state index contributed by atoms with van der Waals surface area (Å²) in [5, 5.41) is 2.89. The molecule has 0 fully saturated rings. The van der Waals surface area contributed by atoms with Crippen LogP contribution in [0.15, 0.2) is 36.5 Å². The molecule has 136 valence electrons. The molecule has 2 heterocycles. The molecule has 7 nitrogen and oxygen atoms in total. The molecule has 0 saturated heterocycles. The van der Waals surface area contributed by atoms with Crippen molar-refractivity contribution in [2.24, 2.45) is 0 Å². The lowest BCUT2D eigenvalue weighted by molar-refractivity contribution is -0.119. The van der Waals surface area contributed by atoms with Crippen LogP contribution in [0.25, 0.3) is 16.9 Å². The Labute approximate surface area is 151 Å². The summed E-state index contributed by atoms with van der Waals surface area (Å²) in [6, 6.07) is 9.40. The molecule has 26 heavy (non-hydrogen) atoms. The molecule has 1 amide bonds. The van der Waals surface area contributed by atoms with Gasteiger partial charge in [0.25, 0.3) is 5.91 Å². The van der Waals surface area contributed by atoms with Gasteiger partial charge in [0.15, 0.2) is 11.5 Å². The predicted octanol–water partition coefficient (Wildman–Crippen LogP) is 2.91. The summed E-state index contributed by atoms with van der Waals surface area (Å²) >= 11 is 0. The predicted molar refractivity (Wildman–Crippen MR) is 99.0 cm³/mol. The van der Waals surface area contributed by atoms with Crippen LogP contribution in [0, 0.1) is 6.92 Å². The lowest BCUT2D eigenvalue weighted by Crippen LogP contribution is -2.18. The van der Waals surface area contributed by atoms with E-state index >= 15 is 0 Å². The summed E-state index contributed by atoms with van der Waals surface area (Å²) in [5.41, 5.74) is 3.22. The molecule has 0 spiro atoms. The van der Waals surface area contributed by atoms with Crippen LogP contribution in [0.3, 0.4) is 0 Å². The number of carbonyl (C=O) groups is 1. The maximum Gasteiger partial charge on any atom is 0.251 e. The highest BCUT2D eigenvalue weighted by atomic mass is 16.5. The van der Waals surface area contributed by atoms with Crippen LogP contribution in [0.4, 0.5) is 5.82 Å². The number of aromatic nitrogens is 2. The van der Waals surface area contributed by atoms with Crippen molar-refractivity contribution in [3.8, 4) is 22.8 Å². The summed E-state index contributed by atoms with van der Waals surface area (Å²) in [4.78, 5) is 16.8. The highest BCUT2D eigenvalue weighted by Gasteiger charge is 2.18. The number of methoxy groups -OCH3 is 3. The summed E-state index contributed by atoms with van der Waals surface area (Å²) < 4.78 is 17.5. The van der Waals surface area contributed by atoms with Crippen molar-refractivity contribution in [2.75, 3.05) is 33.3 Å². The van der Waals surface area contributed by atoms with E-state index in [1.54, 1.807) is 14.2 Å². The van der Waals surface area contributed by atoms with E-state index in [2.05, 4.69) is 10.3 Å². The molecule has 0 aliphatic rings. The first-order chi connectivity index (χ1) is 12.6. The third-order valence-corrected chi connectivity index (χ3v) is 3.96. The summed E-state index contributed by atoms with van der Waals surface area (Å²) in [6.07, 6.45) is 1.93. The minimum Gasteiger partial charge on any atom is -0.493 e. The molecular formula is C19H21N3O4. The minimum absolute atomic E-state index is 0.0373. The third-order valence-electron chi connectivity index (χ3n) is 3.96. The van der Waals surface area contributed by atoms with Crippen LogP contribution in [0.5, 0.6) is 11.5 Å². The highest BCUT2D eigenvalue weighted by molar-refractivity contribution is 5.95. The number of amides is 1. The largest absolute Gasteiger partial charge is 0.493 e. The molecule has 0 unspecified atom stereocenters. The second kappa shape index (κ2) is 7.45. The van der Waals surface area contributed by atoms with E-state index in [9.17, 15) is 4.79 Å². The number of carbonyl (C=O) groups excluding carboxylic acids is 1. The highest BCUT2D eigenvalue weighted by Crippen LogP contribution is 2.35. The van der Waals surface area contributed by atoms with Crippen molar-refractivity contribution in [1.29, 1.82) is 0 Å². The molecule has 3 aromatic rings. The van der Waals surface area contributed by atoms with E-state index in [0.717, 1.165) is 16.8 Å². The monoisotopic (exact) mass is 355 g/mol. The molecule has 1 N–H and O–H groups in total. The van der Waals surface area contributed by atoms with Gasteiger partial charge in [0.2, 0.25) is 0 Å². The molecule has 7 heteroatoms. The number of imidazole rings is 1. The molecule has 0 aliphatic heterocycles. The van der Waals surface area contributed by atoms with Crippen molar-refractivity contribution in [2.45, 2.75) is 6.92 Å². The Bertz CT molecular complexity index is 949. The number of hydrogen-bond acceptors (Lipinski definition) is 5. The number of ether oxygens (including phenoxy) is 3. The van der Waals surface area contributed by atoms with E-state index in [1.807, 2.05) is 47.9 Å². The van der Waals surface area contributed by atoms with Crippen molar-refractivity contribution in [1.82, 2.24) is 9.38 Å². The average molecular weight is 355 g/mol. The molecular weight excluding hydrogens is 334 g/mol. The van der Waals surface area contributed by atoms with Crippen molar-refractivity contribution < 1.29 is 19.0 Å². The molecule has 0 saturated carbocycles. The van der Waals surface area contributed by atoms with Crippen LogP contribution >= 0.6 is 0 Å². The smallest absolute Gasteiger partial charge is 0.251 e. The summed E-state index contributed by atoms with van der Waals surface area (Å²) in [7, 11) is 4.64. The fraction of sp³-hybridized carbons (Fsp3) is 0.263. The van der Waals surface area contributed by atoms with E-state index in [1.165, 1.54) is 7.11 Å². The lowest BCUT2D eigenvalue weighted by Gasteiger charge is -2.11. The Morgan fingerprint density at radius 3 is 2.58 bits per heavy atom. The zero-order valence-corrected chi connectivity index (χ0v) is 15.2. The number of nitrogens with zero attached hydrogens (tertiary/aromatic N) is 2. The SMILES string of the molecule is COCC(=O)Nc1c(-c2ccc(OC)c(OC)c2)nc2ccc(C)cn12. The normalized spacial score (nSPS) is 10.8. The van der Waals surface area contributed by atoms with Gasteiger partial charge in [-0.15, -0.1) is 0 Å². The number of aryl methyl sites for hydroxylation is 1. The van der Waals surface area contributed by atoms with Gasteiger partial charge in [-0.1, -0.05) is 6.07 Å². The number of anilines is 1. The van der Waals surface area contributed by atoms with Gasteiger partial charge in [-0.05, 0) is 36.8 Å². The number of pyridine rings is 1. The molecule has 0 radical (unpaired) electrons. The van der Waals surface area contributed by atoms with Crippen LogP contribution < -0.4 is 14.8 Å². The Morgan fingerprint density at radius 1 is 1.12 bits per heavy atom. The summed E-state index contributed by atoms with van der Waals surface area (Å²) in [5.74, 6) is 1.55. The lowest BCUT2D eigenvalue weighted by atomic mass is 10.1. The van der Waals surface area contributed by atoms with Crippen LogP contribution in [0.2, 0.25) is 0 Å². The van der Waals surface area contributed by atoms with Gasteiger partial charge in [-0.2, -0.15) is 0 Å². The molecule has 0 bridgehead atoms. The minimum atomic E-state index is -0.252. The molecule has 1 aromatic carbocycles. The fourth-order valence-electron chi connectivity index (χ4n) is 2.75. The van der Waals surface area contributed by atoms with Gasteiger partial charge in [0.1, 0.15) is 23.8 Å². The Balaban J connectivity index is 2.17. The van der Waals surface area contributed by atoms with Gasteiger partial charge in [0.05, 0.1) is 14.2 Å². The quantitative estimate of drug-likeness (QED) is 0.736. The van der Waals surface area contributed by atoms with E-state index < -0.39 is 0 Å². The maximum atomic E-state index is 12.1. The Hall–Kier alpha value is -3.06. The van der Waals surface area contributed by atoms with Crippen LogP contribution in [0.1, 0.15) is 5.56 Å². The van der Waals surface area contributed by atoms with Gasteiger partial charge in [-0.3, -0.25) is 9.20 Å². The first kappa shape index (κ1) is 17.8. The van der Waals surface area contributed by atoms with Gasteiger partial charge < -0.3 is 19.5 Å². The first-order valence-corrected chi connectivity index (χ1v) is 8.07. The second-order valence-electron chi connectivity index (χ2n) is 5.79. The second-order valence-corrected chi connectivity index (χ2v) is 5.79. The first-order valence-electron chi connectivity index (χ1n) is 8.07. The van der Waals surface area contributed by atoms with Crippen molar-refractivity contribution in [3.63, 3.8) is 0 Å². The van der Waals surface area contributed by atoms with E-state index in [0.29, 0.717) is 23.0 Å². The topological polar surface area (TPSA) is 74.1 Å². The average Bonchev–Trinajstić information content (AvgIpc) is 2.99. The third kappa shape index (κ3) is 3.34. The standard InChI is InChI=1S/C19H21N3O4/c1-12-5-8-16-20-18(13-6-7-14(25-3)15(9-13)26-4)19(22(16)10-12)21-17(23)11-24-2/h5-10H,11H2,1-4H3,(H,21,23). The molecule has 2 aromatic heterocycles. The van der Waals surface area contributed by atoms with E-state index in [-0.39, 0.29) is 12.5 Å². The zero-order chi connectivity index (χ0) is 18.7. The van der Waals surface area contributed by atoms with Gasteiger partial charge in [0, 0.05) is 18.9 Å².